The average molecular weight is 472 g/mol. The van der Waals surface area contributed by atoms with Crippen molar-refractivity contribution in [3.63, 3.8) is 0 Å². The minimum atomic E-state index is -3.99. The molecule has 1 saturated heterocycles. The van der Waals surface area contributed by atoms with Crippen LogP contribution in [0.5, 0.6) is 0 Å². The molecule has 0 radical (unpaired) electrons. The van der Waals surface area contributed by atoms with Gasteiger partial charge in [0.15, 0.2) is 10.0 Å². The number of anilines is 1. The van der Waals surface area contributed by atoms with Gasteiger partial charge in [0.25, 0.3) is 0 Å². The Morgan fingerprint density at radius 1 is 1.13 bits per heavy atom. The molecule has 0 spiro atoms. The zero-order chi connectivity index (χ0) is 21.8. The highest BCUT2D eigenvalue weighted by Gasteiger charge is 2.24. The molecule has 3 aromatic rings. The Balaban J connectivity index is 1.81. The lowest BCUT2D eigenvalue weighted by Gasteiger charge is -2.26. The molecule has 2 aromatic carbocycles. The first-order chi connectivity index (χ1) is 15.0. The molecule has 0 amide bonds. The third kappa shape index (κ3) is 4.65. The van der Waals surface area contributed by atoms with Crippen LogP contribution in [0.4, 0.5) is 5.13 Å². The Hall–Kier alpha value is -2.70. The molecule has 0 atom stereocenters. The number of halogens is 1. The summed E-state index contributed by atoms with van der Waals surface area (Å²) < 4.78 is 31.5. The van der Waals surface area contributed by atoms with Crippen molar-refractivity contribution in [2.45, 2.75) is 4.90 Å². The molecule has 4 rings (SSSR count). The Labute approximate surface area is 189 Å². The molecule has 0 aliphatic carbocycles. The third-order valence-electron chi connectivity index (χ3n) is 4.76. The van der Waals surface area contributed by atoms with Gasteiger partial charge in [0.05, 0.1) is 28.7 Å². The van der Waals surface area contributed by atoms with E-state index >= 15 is 0 Å². The molecule has 1 aliphatic rings. The van der Waals surface area contributed by atoms with E-state index < -0.39 is 9.84 Å². The quantitative estimate of drug-likeness (QED) is 0.504. The molecule has 0 N–H and O–H groups in total. The number of ether oxygens (including phenoxy) is 1. The van der Waals surface area contributed by atoms with E-state index in [0.717, 1.165) is 10.7 Å². The van der Waals surface area contributed by atoms with Crippen LogP contribution in [0.2, 0.25) is 5.02 Å². The highest BCUT2D eigenvalue weighted by molar-refractivity contribution is 7.95. The standard InChI is InChI=1S/C22H18ClN3O3S2/c23-17-6-8-18(9-7-17)31(27,28)19(15-24)14-20-21(16-4-2-1-3-5-16)25-22(30-20)26-10-12-29-13-11-26/h1-9,14H,10-13H2. The third-order valence-corrected chi connectivity index (χ3v) is 7.75. The summed E-state index contributed by atoms with van der Waals surface area (Å²) >= 11 is 7.24. The number of benzene rings is 2. The zero-order valence-corrected chi connectivity index (χ0v) is 18.8. The van der Waals surface area contributed by atoms with Gasteiger partial charge in [-0.2, -0.15) is 5.26 Å². The normalized spacial score (nSPS) is 15.0. The van der Waals surface area contributed by atoms with Gasteiger partial charge in [0, 0.05) is 23.7 Å². The van der Waals surface area contributed by atoms with Crippen LogP contribution >= 0.6 is 22.9 Å². The molecule has 0 bridgehead atoms. The van der Waals surface area contributed by atoms with Crippen LogP contribution in [0.1, 0.15) is 4.88 Å². The second-order valence-corrected chi connectivity index (χ2v) is 10.1. The molecule has 158 valence electrons. The predicted molar refractivity (Wildman–Crippen MR) is 123 cm³/mol. The summed E-state index contributed by atoms with van der Waals surface area (Å²) in [4.78, 5) is 7.18. The van der Waals surface area contributed by atoms with Crippen molar-refractivity contribution in [3.8, 4) is 17.3 Å². The smallest absolute Gasteiger partial charge is 0.216 e. The maximum absolute atomic E-state index is 13.1. The monoisotopic (exact) mass is 471 g/mol. The molecule has 2 heterocycles. The van der Waals surface area contributed by atoms with E-state index in [2.05, 4.69) is 4.90 Å². The highest BCUT2D eigenvalue weighted by atomic mass is 35.5. The summed E-state index contributed by atoms with van der Waals surface area (Å²) in [5, 5.41) is 10.9. The molecule has 1 aromatic heterocycles. The van der Waals surface area contributed by atoms with E-state index in [0.29, 0.717) is 41.9 Å². The first kappa shape index (κ1) is 21.5. The largest absolute Gasteiger partial charge is 0.378 e. The SMILES string of the molecule is N#CC(=Cc1sc(N2CCOCC2)nc1-c1ccccc1)S(=O)(=O)c1ccc(Cl)cc1. The van der Waals surface area contributed by atoms with Crippen LogP contribution < -0.4 is 4.90 Å². The van der Waals surface area contributed by atoms with Crippen molar-refractivity contribution in [1.29, 1.82) is 5.26 Å². The molecule has 9 heteroatoms. The van der Waals surface area contributed by atoms with Crippen molar-refractivity contribution >= 4 is 44.0 Å². The molecule has 6 nitrogen and oxygen atoms in total. The second kappa shape index (κ2) is 9.20. The topological polar surface area (TPSA) is 83.3 Å². The van der Waals surface area contributed by atoms with E-state index in [-0.39, 0.29) is 9.80 Å². The zero-order valence-electron chi connectivity index (χ0n) is 16.4. The average Bonchev–Trinajstić information content (AvgIpc) is 3.23. The van der Waals surface area contributed by atoms with E-state index in [1.807, 2.05) is 36.4 Å². The Kier molecular flexibility index (Phi) is 6.39. The molecule has 1 aliphatic heterocycles. The van der Waals surface area contributed by atoms with Crippen molar-refractivity contribution in [1.82, 2.24) is 4.98 Å². The van der Waals surface area contributed by atoms with Crippen LogP contribution in [0, 0.1) is 11.3 Å². The lowest BCUT2D eigenvalue weighted by molar-refractivity contribution is 0.122. The van der Waals surface area contributed by atoms with Crippen LogP contribution in [-0.2, 0) is 14.6 Å². The van der Waals surface area contributed by atoms with Gasteiger partial charge < -0.3 is 9.64 Å². The predicted octanol–water partition coefficient (Wildman–Crippen LogP) is 4.64. The molecular formula is C22H18ClN3O3S2. The van der Waals surface area contributed by atoms with Crippen molar-refractivity contribution in [2.75, 3.05) is 31.2 Å². The van der Waals surface area contributed by atoms with Gasteiger partial charge >= 0.3 is 0 Å². The van der Waals surface area contributed by atoms with Crippen LogP contribution in [0.15, 0.2) is 64.4 Å². The number of rotatable bonds is 5. The van der Waals surface area contributed by atoms with Crippen LogP contribution in [-0.4, -0.2) is 39.7 Å². The van der Waals surface area contributed by atoms with E-state index in [1.54, 1.807) is 0 Å². The van der Waals surface area contributed by atoms with Gasteiger partial charge in [-0.3, -0.25) is 0 Å². The molecule has 0 saturated carbocycles. The summed E-state index contributed by atoms with van der Waals surface area (Å²) in [6, 6.07) is 17.1. The van der Waals surface area contributed by atoms with Crippen LogP contribution in [0.3, 0.4) is 0 Å². The number of thiazole rings is 1. The number of hydrogen-bond donors (Lipinski definition) is 0. The number of nitriles is 1. The van der Waals surface area contributed by atoms with Gasteiger partial charge in [-0.25, -0.2) is 13.4 Å². The second-order valence-electron chi connectivity index (χ2n) is 6.75. The van der Waals surface area contributed by atoms with Gasteiger partial charge in [-0.05, 0) is 30.3 Å². The minimum Gasteiger partial charge on any atom is -0.378 e. The molecular weight excluding hydrogens is 454 g/mol. The van der Waals surface area contributed by atoms with E-state index in [4.69, 9.17) is 21.3 Å². The number of hydrogen-bond acceptors (Lipinski definition) is 7. The number of morpholine rings is 1. The Morgan fingerprint density at radius 3 is 2.45 bits per heavy atom. The van der Waals surface area contributed by atoms with Crippen LogP contribution in [0.25, 0.3) is 17.3 Å². The highest BCUT2D eigenvalue weighted by Crippen LogP contribution is 2.36. The lowest BCUT2D eigenvalue weighted by Crippen LogP contribution is -2.36. The fourth-order valence-electron chi connectivity index (χ4n) is 3.14. The van der Waals surface area contributed by atoms with E-state index in [9.17, 15) is 13.7 Å². The summed E-state index contributed by atoms with van der Waals surface area (Å²) in [5.74, 6) is 0. The Morgan fingerprint density at radius 2 is 1.81 bits per heavy atom. The summed E-state index contributed by atoms with van der Waals surface area (Å²) in [5.41, 5.74) is 1.50. The number of aromatic nitrogens is 1. The van der Waals surface area contributed by atoms with Gasteiger partial charge in [-0.1, -0.05) is 53.3 Å². The first-order valence-corrected chi connectivity index (χ1v) is 12.2. The summed E-state index contributed by atoms with van der Waals surface area (Å²) in [6.07, 6.45) is 1.41. The number of sulfone groups is 1. The maximum Gasteiger partial charge on any atom is 0.216 e. The first-order valence-electron chi connectivity index (χ1n) is 9.50. The fraction of sp³-hybridized carbons (Fsp3) is 0.182. The number of allylic oxidation sites excluding steroid dienone is 1. The number of nitrogens with zero attached hydrogens (tertiary/aromatic N) is 3. The molecule has 31 heavy (non-hydrogen) atoms. The van der Waals surface area contributed by atoms with Crippen molar-refractivity contribution < 1.29 is 13.2 Å². The van der Waals surface area contributed by atoms with Gasteiger partial charge in [0.1, 0.15) is 6.07 Å². The van der Waals surface area contributed by atoms with Gasteiger partial charge in [0.2, 0.25) is 9.84 Å². The lowest BCUT2D eigenvalue weighted by atomic mass is 10.1. The maximum atomic E-state index is 13.1. The summed E-state index contributed by atoms with van der Waals surface area (Å²) in [7, 11) is -3.99. The Bertz CT molecular complexity index is 1240. The molecule has 0 unspecified atom stereocenters. The van der Waals surface area contributed by atoms with Gasteiger partial charge in [-0.15, -0.1) is 0 Å². The summed E-state index contributed by atoms with van der Waals surface area (Å²) in [6.45, 7) is 2.64. The molecule has 1 fully saturated rings. The van der Waals surface area contributed by atoms with Crippen molar-refractivity contribution in [3.05, 3.63) is 69.4 Å². The fourth-order valence-corrected chi connectivity index (χ4v) is 5.56. The van der Waals surface area contributed by atoms with Crippen molar-refractivity contribution in [2.24, 2.45) is 0 Å². The van der Waals surface area contributed by atoms with E-state index in [1.165, 1.54) is 41.7 Å². The minimum absolute atomic E-state index is 0.0175.